The van der Waals surface area contributed by atoms with Gasteiger partial charge in [0.1, 0.15) is 12.8 Å². The van der Waals surface area contributed by atoms with Gasteiger partial charge in [0.05, 0.1) is 6.04 Å². The number of carbonyl (C=O) groups excluding carboxylic acids is 1. The molecule has 1 N–H and O–H groups in total. The van der Waals surface area contributed by atoms with Crippen molar-refractivity contribution < 1.29 is 13.9 Å². The van der Waals surface area contributed by atoms with Gasteiger partial charge in [-0.1, -0.05) is 60.7 Å². The molecule has 1 amide bonds. The zero-order valence-corrected chi connectivity index (χ0v) is 15.3. The van der Waals surface area contributed by atoms with Crippen molar-refractivity contribution in [3.63, 3.8) is 0 Å². The Kier molecular flexibility index (Phi) is 5.39. The van der Waals surface area contributed by atoms with Crippen molar-refractivity contribution in [2.24, 2.45) is 0 Å². The molecule has 0 spiro atoms. The maximum atomic E-state index is 15.1. The average Bonchev–Trinajstić information content (AvgIpc) is 3.12. The zero-order valence-electron chi connectivity index (χ0n) is 15.3. The van der Waals surface area contributed by atoms with Gasteiger partial charge in [-0.2, -0.15) is 0 Å². The number of fused-ring (bicyclic) bond motifs is 2. The van der Waals surface area contributed by atoms with E-state index in [-0.39, 0.29) is 18.7 Å². The van der Waals surface area contributed by atoms with Gasteiger partial charge in [0.15, 0.2) is 0 Å². The number of hydrogen-bond acceptors (Lipinski definition) is 3. The van der Waals surface area contributed by atoms with Crippen molar-refractivity contribution in [2.45, 2.75) is 56.7 Å². The molecule has 2 aromatic carbocycles. The first-order chi connectivity index (χ1) is 13.2. The molecule has 2 heterocycles. The van der Waals surface area contributed by atoms with Gasteiger partial charge < -0.3 is 10.1 Å². The summed E-state index contributed by atoms with van der Waals surface area (Å²) in [6.45, 7) is 0.554. The molecule has 27 heavy (non-hydrogen) atoms. The van der Waals surface area contributed by atoms with Gasteiger partial charge in [-0.25, -0.2) is 9.18 Å². The predicted molar refractivity (Wildman–Crippen MR) is 102 cm³/mol. The van der Waals surface area contributed by atoms with Gasteiger partial charge in [0, 0.05) is 18.6 Å². The lowest BCUT2D eigenvalue weighted by atomic mass is 9.96. The summed E-state index contributed by atoms with van der Waals surface area (Å²) in [6, 6.07) is 19.0. The number of nitrogens with zero attached hydrogens (tertiary/aromatic N) is 1. The summed E-state index contributed by atoms with van der Waals surface area (Å²) in [6.07, 6.45) is 0.916. The Morgan fingerprint density at radius 1 is 1.04 bits per heavy atom. The number of hydrogen-bond donors (Lipinski definition) is 1. The molecule has 142 valence electrons. The van der Waals surface area contributed by atoms with E-state index >= 15 is 4.39 Å². The van der Waals surface area contributed by atoms with Crippen LogP contribution in [0.5, 0.6) is 0 Å². The third-order valence-corrected chi connectivity index (χ3v) is 5.59. The molecule has 0 aliphatic carbocycles. The number of benzene rings is 2. The molecule has 4 rings (SSSR count). The molecule has 0 radical (unpaired) electrons. The van der Waals surface area contributed by atoms with E-state index in [1.54, 1.807) is 4.90 Å². The Morgan fingerprint density at radius 2 is 1.70 bits per heavy atom. The van der Waals surface area contributed by atoms with Crippen molar-refractivity contribution >= 4 is 6.09 Å². The summed E-state index contributed by atoms with van der Waals surface area (Å²) < 4.78 is 20.7. The molecular formula is C22H25FN2O2. The number of nitrogens with one attached hydrogen (secondary N) is 1. The lowest BCUT2D eigenvalue weighted by molar-refractivity contribution is 0.0315. The fraction of sp³-hybridized carbons (Fsp3) is 0.409. The molecule has 0 aromatic heterocycles. The normalized spacial score (nSPS) is 26.6. The molecule has 2 aromatic rings. The van der Waals surface area contributed by atoms with Gasteiger partial charge in [-0.15, -0.1) is 0 Å². The third kappa shape index (κ3) is 4.14. The highest BCUT2D eigenvalue weighted by atomic mass is 19.1. The van der Waals surface area contributed by atoms with Gasteiger partial charge >= 0.3 is 6.09 Å². The van der Waals surface area contributed by atoms with Crippen LogP contribution < -0.4 is 5.32 Å². The predicted octanol–water partition coefficient (Wildman–Crippen LogP) is 4.06. The first-order valence-electron chi connectivity index (χ1n) is 9.62. The summed E-state index contributed by atoms with van der Waals surface area (Å²) in [5, 5.41) is 3.33. The quantitative estimate of drug-likeness (QED) is 0.865. The Hall–Kier alpha value is -2.40. The first kappa shape index (κ1) is 18.0. The highest BCUT2D eigenvalue weighted by Gasteiger charge is 2.45. The van der Waals surface area contributed by atoms with Crippen LogP contribution in [-0.2, 0) is 17.9 Å². The maximum absolute atomic E-state index is 15.1. The van der Waals surface area contributed by atoms with E-state index < -0.39 is 18.3 Å². The highest BCUT2D eigenvalue weighted by molar-refractivity contribution is 5.68. The fourth-order valence-electron chi connectivity index (χ4n) is 4.18. The van der Waals surface area contributed by atoms with Crippen LogP contribution in [0.2, 0.25) is 0 Å². The summed E-state index contributed by atoms with van der Waals surface area (Å²) in [5.41, 5.74) is 1.90. The van der Waals surface area contributed by atoms with Crippen molar-refractivity contribution in [2.75, 3.05) is 0 Å². The Morgan fingerprint density at radius 3 is 2.41 bits per heavy atom. The first-order valence-corrected chi connectivity index (χ1v) is 9.62. The van der Waals surface area contributed by atoms with Crippen molar-refractivity contribution in [3.8, 4) is 0 Å². The lowest BCUT2D eigenvalue weighted by Crippen LogP contribution is -2.57. The molecule has 4 nitrogen and oxygen atoms in total. The number of amides is 1. The van der Waals surface area contributed by atoms with Gasteiger partial charge in [0.25, 0.3) is 0 Å². The largest absolute Gasteiger partial charge is 0.445 e. The van der Waals surface area contributed by atoms with E-state index in [0.29, 0.717) is 13.0 Å². The zero-order chi connectivity index (χ0) is 18.6. The fourth-order valence-corrected chi connectivity index (χ4v) is 4.18. The van der Waals surface area contributed by atoms with E-state index in [9.17, 15) is 4.79 Å². The summed E-state index contributed by atoms with van der Waals surface area (Å²) >= 11 is 0. The number of alkyl halides is 1. The van der Waals surface area contributed by atoms with Crippen LogP contribution in [0.15, 0.2) is 60.7 Å². The second-order valence-electron chi connectivity index (χ2n) is 7.45. The van der Waals surface area contributed by atoms with Crippen molar-refractivity contribution in [1.29, 1.82) is 0 Å². The Labute approximate surface area is 159 Å². The minimum atomic E-state index is -1.07. The summed E-state index contributed by atoms with van der Waals surface area (Å²) in [4.78, 5) is 14.5. The van der Waals surface area contributed by atoms with Crippen molar-refractivity contribution in [3.05, 3.63) is 71.8 Å². The average molecular weight is 368 g/mol. The van der Waals surface area contributed by atoms with Crippen LogP contribution in [0.3, 0.4) is 0 Å². The minimum Gasteiger partial charge on any atom is -0.445 e. The molecule has 2 fully saturated rings. The molecule has 2 aliphatic heterocycles. The van der Waals surface area contributed by atoms with E-state index in [2.05, 4.69) is 5.32 Å². The van der Waals surface area contributed by atoms with Gasteiger partial charge in [0.2, 0.25) is 0 Å². The van der Waals surface area contributed by atoms with Gasteiger partial charge in [-0.05, 0) is 30.4 Å². The third-order valence-electron chi connectivity index (χ3n) is 5.59. The molecule has 2 bridgehead atoms. The van der Waals surface area contributed by atoms with E-state index in [1.807, 2.05) is 60.7 Å². The maximum Gasteiger partial charge on any atom is 0.410 e. The van der Waals surface area contributed by atoms with Crippen LogP contribution in [0.1, 0.15) is 30.4 Å². The van der Waals surface area contributed by atoms with Crippen LogP contribution in [0.4, 0.5) is 9.18 Å². The number of ether oxygens (including phenoxy) is 1. The van der Waals surface area contributed by atoms with E-state index in [0.717, 1.165) is 24.0 Å². The molecule has 0 saturated carbocycles. The molecule has 2 unspecified atom stereocenters. The number of rotatable bonds is 5. The highest BCUT2D eigenvalue weighted by Crippen LogP contribution is 2.33. The van der Waals surface area contributed by atoms with E-state index in [1.165, 1.54) is 0 Å². The molecule has 2 aliphatic rings. The van der Waals surface area contributed by atoms with Crippen LogP contribution in [-0.4, -0.2) is 35.3 Å². The second kappa shape index (κ2) is 8.09. The molecule has 5 heteroatoms. The van der Waals surface area contributed by atoms with E-state index in [4.69, 9.17) is 4.74 Å². The second-order valence-corrected chi connectivity index (χ2v) is 7.45. The lowest BCUT2D eigenvalue weighted by Gasteiger charge is -2.39. The molecule has 4 atom stereocenters. The SMILES string of the molecule is O=C(OCc1ccccc1)N(Cc1ccccc1)C1C[C@@H]2CC[C@@H](N2)C1F. The Balaban J connectivity index is 1.51. The van der Waals surface area contributed by atoms with Gasteiger partial charge in [-0.3, -0.25) is 4.90 Å². The number of halogens is 1. The smallest absolute Gasteiger partial charge is 0.410 e. The summed E-state index contributed by atoms with van der Waals surface area (Å²) in [5.74, 6) is 0. The molecule has 2 saturated heterocycles. The minimum absolute atomic E-state index is 0.158. The topological polar surface area (TPSA) is 41.6 Å². The number of carbonyl (C=O) groups is 1. The van der Waals surface area contributed by atoms with Crippen molar-refractivity contribution in [1.82, 2.24) is 10.2 Å². The molecular weight excluding hydrogens is 343 g/mol. The van der Waals surface area contributed by atoms with Crippen LogP contribution >= 0.6 is 0 Å². The monoisotopic (exact) mass is 368 g/mol. The summed E-state index contributed by atoms with van der Waals surface area (Å²) in [7, 11) is 0. The van der Waals surface area contributed by atoms with Crippen LogP contribution in [0.25, 0.3) is 0 Å². The standard InChI is InChI=1S/C22H25FN2O2/c23-21-19-12-11-18(24-19)13-20(21)25(14-16-7-3-1-4-8-16)22(26)27-15-17-9-5-2-6-10-17/h1-10,18-21,24H,11-15H2/t18-,19+,20?,21?/m0/s1. The van der Waals surface area contributed by atoms with Crippen LogP contribution in [0, 0.1) is 0 Å². The Bertz CT molecular complexity index is 755. The number of piperidine rings is 1.